The molecule has 4 aromatic carbocycles. The van der Waals surface area contributed by atoms with Gasteiger partial charge in [-0.05, 0) is 80.6 Å². The minimum Gasteiger partial charge on any atom is -0.508 e. The number of aromatic hydroxyl groups is 1. The maximum absolute atomic E-state index is 12.2. The van der Waals surface area contributed by atoms with Gasteiger partial charge in [0.15, 0.2) is 17.5 Å². The highest BCUT2D eigenvalue weighted by atomic mass is 79.9. The van der Waals surface area contributed by atoms with Gasteiger partial charge in [0.2, 0.25) is 0 Å². The number of rotatable bonds is 5. The van der Waals surface area contributed by atoms with Crippen molar-refractivity contribution in [2.75, 3.05) is 16.8 Å². The quantitative estimate of drug-likeness (QED) is 0.190. The second-order valence-electron chi connectivity index (χ2n) is 10.4. The summed E-state index contributed by atoms with van der Waals surface area (Å²) in [5.41, 5.74) is 5.99. The molecule has 2 N–H and O–H groups in total. The number of halogens is 1. The first-order valence-corrected chi connectivity index (χ1v) is 15.0. The van der Waals surface area contributed by atoms with Crippen LogP contribution in [0.2, 0.25) is 0 Å². The molecule has 0 saturated carbocycles. The van der Waals surface area contributed by atoms with Crippen molar-refractivity contribution in [1.29, 1.82) is 0 Å². The Morgan fingerprint density at radius 2 is 1.73 bits per heavy atom. The SMILES string of the molecule is CCOC(=O)c1ccc(NC2=Nc3ccccc3N3C2=Nc2c(c(C)nn2-c2ccccc2)[C@H]3c2cc(Br)ccc2O)cc1. The van der Waals surface area contributed by atoms with Gasteiger partial charge in [-0.15, -0.1) is 0 Å². The molecule has 1 atom stereocenters. The Hall–Kier alpha value is -5.22. The van der Waals surface area contributed by atoms with Gasteiger partial charge in [0.25, 0.3) is 0 Å². The van der Waals surface area contributed by atoms with E-state index in [1.807, 2.05) is 90.5 Å². The fourth-order valence-corrected chi connectivity index (χ4v) is 6.01. The Balaban J connectivity index is 1.44. The summed E-state index contributed by atoms with van der Waals surface area (Å²) in [7, 11) is 0. The van der Waals surface area contributed by atoms with Crippen LogP contribution in [0.3, 0.4) is 0 Å². The zero-order chi connectivity index (χ0) is 30.4. The largest absolute Gasteiger partial charge is 0.508 e. The smallest absolute Gasteiger partial charge is 0.338 e. The first-order valence-electron chi connectivity index (χ1n) is 14.2. The number of fused-ring (bicyclic) bond motifs is 4. The third-order valence-corrected chi connectivity index (χ3v) is 8.08. The molecule has 0 radical (unpaired) electrons. The molecule has 44 heavy (non-hydrogen) atoms. The molecule has 0 aliphatic carbocycles. The monoisotopic (exact) mass is 646 g/mol. The number of nitrogens with zero attached hydrogens (tertiary/aromatic N) is 5. The Morgan fingerprint density at radius 1 is 0.977 bits per heavy atom. The minimum absolute atomic E-state index is 0.154. The molecule has 0 saturated heterocycles. The molecular weight excluding hydrogens is 620 g/mol. The Morgan fingerprint density at radius 3 is 2.50 bits per heavy atom. The van der Waals surface area contributed by atoms with Crippen LogP contribution in [-0.2, 0) is 4.74 Å². The maximum atomic E-state index is 12.2. The molecule has 2 aliphatic heterocycles. The number of benzene rings is 4. The van der Waals surface area contributed by atoms with Crippen LogP contribution >= 0.6 is 15.9 Å². The number of ether oxygens (including phenoxy) is 1. The summed E-state index contributed by atoms with van der Waals surface area (Å²) in [4.78, 5) is 24.6. The second kappa shape index (κ2) is 11.1. The van der Waals surface area contributed by atoms with Gasteiger partial charge in [-0.25, -0.2) is 19.5 Å². The molecule has 1 aromatic heterocycles. The van der Waals surface area contributed by atoms with Gasteiger partial charge >= 0.3 is 5.97 Å². The normalized spacial score (nSPS) is 15.0. The number of carbonyl (C=O) groups excluding carboxylic acids is 1. The van der Waals surface area contributed by atoms with Gasteiger partial charge in [-0.1, -0.05) is 46.3 Å². The van der Waals surface area contributed by atoms with Crippen molar-refractivity contribution in [2.24, 2.45) is 9.98 Å². The van der Waals surface area contributed by atoms with Crippen LogP contribution in [0.25, 0.3) is 5.69 Å². The Labute approximate surface area is 262 Å². The molecule has 0 bridgehead atoms. The lowest BCUT2D eigenvalue weighted by atomic mass is 9.92. The van der Waals surface area contributed by atoms with E-state index < -0.39 is 6.04 Å². The topological polar surface area (TPSA) is 104 Å². The van der Waals surface area contributed by atoms with Gasteiger partial charge in [0.1, 0.15) is 5.75 Å². The molecule has 3 heterocycles. The average Bonchev–Trinajstić information content (AvgIpc) is 3.38. The van der Waals surface area contributed by atoms with Crippen molar-refractivity contribution < 1.29 is 14.6 Å². The third-order valence-electron chi connectivity index (χ3n) is 7.58. The van der Waals surface area contributed by atoms with E-state index in [1.165, 1.54) is 0 Å². The van der Waals surface area contributed by atoms with Crippen LogP contribution in [0.4, 0.5) is 22.9 Å². The van der Waals surface area contributed by atoms with E-state index in [2.05, 4.69) is 26.1 Å². The van der Waals surface area contributed by atoms with Crippen LogP contribution in [0.5, 0.6) is 5.75 Å². The molecule has 9 nitrogen and oxygen atoms in total. The highest BCUT2D eigenvalue weighted by Crippen LogP contribution is 2.50. The number of aliphatic imine (C=N–C) groups is 2. The fraction of sp³-hybridized carbons (Fsp3) is 0.118. The van der Waals surface area contributed by atoms with Gasteiger partial charge < -0.3 is 20.1 Å². The van der Waals surface area contributed by atoms with Gasteiger partial charge in [0.05, 0.1) is 41.0 Å². The Kier molecular flexibility index (Phi) is 6.98. The number of hydrogen-bond acceptors (Lipinski definition) is 8. The number of amidine groups is 2. The zero-order valence-corrected chi connectivity index (χ0v) is 25.5. The molecule has 10 heteroatoms. The lowest BCUT2D eigenvalue weighted by Gasteiger charge is -2.40. The third kappa shape index (κ3) is 4.73. The van der Waals surface area contributed by atoms with Crippen molar-refractivity contribution in [3.05, 3.63) is 124 Å². The molecule has 0 unspecified atom stereocenters. The number of hydrogen-bond donors (Lipinski definition) is 2. The van der Waals surface area contributed by atoms with E-state index >= 15 is 0 Å². The van der Waals surface area contributed by atoms with Crippen LogP contribution < -0.4 is 10.2 Å². The fourth-order valence-electron chi connectivity index (χ4n) is 5.63. The van der Waals surface area contributed by atoms with Crippen molar-refractivity contribution in [1.82, 2.24) is 9.78 Å². The number of carbonyl (C=O) groups is 1. The number of phenols is 1. The van der Waals surface area contributed by atoms with Crippen molar-refractivity contribution in [3.8, 4) is 11.4 Å². The molecule has 0 amide bonds. The number of nitrogens with one attached hydrogen (secondary N) is 1. The van der Waals surface area contributed by atoms with Crippen LogP contribution in [0.1, 0.15) is 40.1 Å². The van der Waals surface area contributed by atoms with Gasteiger partial charge in [0, 0.05) is 21.3 Å². The lowest BCUT2D eigenvalue weighted by Crippen LogP contribution is -2.46. The molecule has 0 spiro atoms. The summed E-state index contributed by atoms with van der Waals surface area (Å²) < 4.78 is 7.81. The number of aryl methyl sites for hydroxylation is 1. The Bertz CT molecular complexity index is 1970. The van der Waals surface area contributed by atoms with E-state index in [-0.39, 0.29) is 11.7 Å². The van der Waals surface area contributed by atoms with Gasteiger partial charge in [-0.3, -0.25) is 0 Å². The first kappa shape index (κ1) is 27.6. The summed E-state index contributed by atoms with van der Waals surface area (Å²) in [6, 6.07) is 29.7. The van der Waals surface area contributed by atoms with E-state index in [0.717, 1.165) is 38.5 Å². The summed E-state index contributed by atoms with van der Waals surface area (Å²) in [6.07, 6.45) is 0. The lowest BCUT2D eigenvalue weighted by molar-refractivity contribution is 0.0526. The summed E-state index contributed by atoms with van der Waals surface area (Å²) in [5.74, 6) is 1.50. The first-order chi connectivity index (χ1) is 21.4. The highest BCUT2D eigenvalue weighted by molar-refractivity contribution is 9.10. The number of esters is 1. The molecule has 2 aliphatic rings. The van der Waals surface area contributed by atoms with E-state index in [0.29, 0.717) is 35.2 Å². The van der Waals surface area contributed by atoms with Crippen molar-refractivity contribution in [3.63, 3.8) is 0 Å². The molecule has 218 valence electrons. The van der Waals surface area contributed by atoms with Crippen molar-refractivity contribution in [2.45, 2.75) is 19.9 Å². The maximum Gasteiger partial charge on any atom is 0.338 e. The van der Waals surface area contributed by atoms with Crippen LogP contribution in [0, 0.1) is 6.92 Å². The second-order valence-corrected chi connectivity index (χ2v) is 11.3. The van der Waals surface area contributed by atoms with Crippen molar-refractivity contribution >= 4 is 56.5 Å². The number of phenolic OH excluding ortho intramolecular Hbond substituents is 1. The summed E-state index contributed by atoms with van der Waals surface area (Å²) >= 11 is 3.62. The van der Waals surface area contributed by atoms with E-state index in [9.17, 15) is 9.90 Å². The molecule has 5 aromatic rings. The van der Waals surface area contributed by atoms with Crippen LogP contribution in [-0.4, -0.2) is 39.1 Å². The van der Waals surface area contributed by atoms with Crippen LogP contribution in [0.15, 0.2) is 112 Å². The molecule has 7 rings (SSSR count). The summed E-state index contributed by atoms with van der Waals surface area (Å²) in [6.45, 7) is 4.05. The highest BCUT2D eigenvalue weighted by Gasteiger charge is 2.42. The number of para-hydroxylation sites is 3. The van der Waals surface area contributed by atoms with E-state index in [4.69, 9.17) is 19.8 Å². The standard InChI is InChI=1S/C34H27BrN6O3/c1-3-44-34(43)21-13-16-23(17-14-21)36-31-33-38-32-29(20(2)39-41(32)24-9-5-4-6-10-24)30(25-19-22(35)15-18-28(25)42)40(33)27-12-8-7-11-26(27)37-31/h4-19,30,42H,3H2,1-2H3,(H,36,37)/t30-/m1/s1. The predicted molar refractivity (Wildman–Crippen MR) is 175 cm³/mol. The molecular formula is C34H27BrN6O3. The summed E-state index contributed by atoms with van der Waals surface area (Å²) in [5, 5.41) is 19.7. The van der Waals surface area contributed by atoms with E-state index in [1.54, 1.807) is 25.1 Å². The molecule has 0 fully saturated rings. The minimum atomic E-state index is -0.480. The average molecular weight is 648 g/mol. The zero-order valence-electron chi connectivity index (χ0n) is 23.9. The predicted octanol–water partition coefficient (Wildman–Crippen LogP) is 7.62. The number of aromatic nitrogens is 2. The van der Waals surface area contributed by atoms with Gasteiger partial charge in [-0.2, -0.15) is 5.10 Å². The number of anilines is 2.